The summed E-state index contributed by atoms with van der Waals surface area (Å²) in [5.74, 6) is -1.47. The molecule has 0 aliphatic heterocycles. The van der Waals surface area contributed by atoms with Gasteiger partial charge < -0.3 is 14.6 Å². The van der Waals surface area contributed by atoms with E-state index in [2.05, 4.69) is 16.8 Å². The molecule has 0 spiro atoms. The van der Waals surface area contributed by atoms with Gasteiger partial charge in [0.2, 0.25) is 11.7 Å². The number of benzene rings is 1. The van der Waals surface area contributed by atoms with Crippen LogP contribution in [-0.2, 0) is 20.9 Å². The third-order valence-electron chi connectivity index (χ3n) is 4.59. The average molecular weight is 435 g/mol. The first kappa shape index (κ1) is 23.7. The molecule has 30 heavy (non-hydrogen) atoms. The number of aromatic nitrogens is 1. The Labute approximate surface area is 180 Å². The van der Waals surface area contributed by atoms with E-state index >= 15 is 0 Å². The van der Waals surface area contributed by atoms with Crippen LogP contribution in [-0.4, -0.2) is 39.8 Å². The van der Waals surface area contributed by atoms with Crippen molar-refractivity contribution in [3.8, 4) is 0 Å². The van der Waals surface area contributed by atoms with Crippen LogP contribution in [0, 0.1) is 19.7 Å². The lowest BCUT2D eigenvalue weighted by Gasteiger charge is -2.11. The van der Waals surface area contributed by atoms with Crippen molar-refractivity contribution < 1.29 is 23.5 Å². The van der Waals surface area contributed by atoms with Crippen molar-refractivity contribution in [3.63, 3.8) is 0 Å². The highest BCUT2D eigenvalue weighted by Gasteiger charge is 2.20. The summed E-state index contributed by atoms with van der Waals surface area (Å²) < 4.78 is 20.1. The van der Waals surface area contributed by atoms with Gasteiger partial charge in [-0.15, -0.1) is 11.8 Å². The van der Waals surface area contributed by atoms with Crippen LogP contribution in [0.4, 0.5) is 10.1 Å². The normalized spacial score (nSPS) is 11.8. The lowest BCUT2D eigenvalue weighted by molar-refractivity contribution is -0.141. The van der Waals surface area contributed by atoms with Crippen molar-refractivity contribution in [2.45, 2.75) is 45.9 Å². The highest BCUT2D eigenvalue weighted by Crippen LogP contribution is 2.18. The van der Waals surface area contributed by atoms with Gasteiger partial charge in [0.1, 0.15) is 11.1 Å². The van der Waals surface area contributed by atoms with E-state index in [1.165, 1.54) is 24.3 Å². The summed E-state index contributed by atoms with van der Waals surface area (Å²) >= 11 is 1.10. The van der Waals surface area contributed by atoms with E-state index in [1.54, 1.807) is 6.92 Å². The number of Topliss-reactive ketones (excluding diaryl/α,β-unsaturated/α-hetero) is 1. The molecule has 1 N–H and O–H groups in total. The summed E-state index contributed by atoms with van der Waals surface area (Å²) in [4.78, 5) is 36.6. The highest BCUT2D eigenvalue weighted by molar-refractivity contribution is 8.01. The second-order valence-corrected chi connectivity index (χ2v) is 8.30. The average Bonchev–Trinajstić information content (AvgIpc) is 3.00. The summed E-state index contributed by atoms with van der Waals surface area (Å²) in [5.41, 5.74) is 2.91. The van der Waals surface area contributed by atoms with Gasteiger partial charge in [-0.3, -0.25) is 14.4 Å². The molecule has 0 fully saturated rings. The summed E-state index contributed by atoms with van der Waals surface area (Å²) in [6.45, 7) is 8.02. The van der Waals surface area contributed by atoms with Gasteiger partial charge in [0.05, 0.1) is 5.75 Å². The van der Waals surface area contributed by atoms with Gasteiger partial charge in [-0.25, -0.2) is 4.39 Å². The summed E-state index contributed by atoms with van der Waals surface area (Å²) in [6.07, 6.45) is 0.961. The number of amides is 1. The topological polar surface area (TPSA) is 77.4 Å². The molecule has 1 heterocycles. The van der Waals surface area contributed by atoms with Crippen molar-refractivity contribution in [2.75, 3.05) is 17.7 Å². The van der Waals surface area contributed by atoms with Gasteiger partial charge in [0.15, 0.2) is 6.61 Å². The van der Waals surface area contributed by atoms with Crippen molar-refractivity contribution >= 4 is 35.1 Å². The second kappa shape index (κ2) is 11.0. The lowest BCUT2D eigenvalue weighted by atomic mass is 10.1. The van der Waals surface area contributed by atoms with E-state index < -0.39 is 11.2 Å². The number of aryl methyl sites for hydroxylation is 1. The molecule has 2 aromatic rings. The molecule has 8 heteroatoms. The first-order chi connectivity index (χ1) is 14.2. The van der Waals surface area contributed by atoms with Gasteiger partial charge in [-0.2, -0.15) is 0 Å². The maximum atomic E-state index is 12.9. The molecule has 1 amide bonds. The Bertz CT molecular complexity index is 909. The van der Waals surface area contributed by atoms with E-state index in [4.69, 9.17) is 4.74 Å². The molecule has 0 bridgehead atoms. The van der Waals surface area contributed by atoms with E-state index in [0.717, 1.165) is 36.1 Å². The number of halogens is 1. The molecular formula is C22H27FN2O4S. The fourth-order valence-electron chi connectivity index (χ4n) is 2.98. The number of rotatable bonds is 10. The van der Waals surface area contributed by atoms with Crippen LogP contribution in [0.2, 0.25) is 0 Å². The number of carbonyl (C=O) groups excluding carboxylic acids is 3. The number of anilines is 1. The smallest absolute Gasteiger partial charge is 0.319 e. The fourth-order valence-corrected chi connectivity index (χ4v) is 3.66. The van der Waals surface area contributed by atoms with Crippen LogP contribution >= 0.6 is 11.8 Å². The van der Waals surface area contributed by atoms with E-state index in [1.807, 2.05) is 19.9 Å². The van der Waals surface area contributed by atoms with Gasteiger partial charge in [0.25, 0.3) is 0 Å². The number of nitrogens with one attached hydrogen (secondary N) is 1. The Morgan fingerprint density at radius 3 is 2.50 bits per heavy atom. The quantitative estimate of drug-likeness (QED) is 0.449. The first-order valence-electron chi connectivity index (χ1n) is 9.76. The number of nitrogens with zero attached hydrogens (tertiary/aromatic N) is 1. The number of hydrogen-bond acceptors (Lipinski definition) is 5. The van der Waals surface area contributed by atoms with Crippen LogP contribution < -0.4 is 5.32 Å². The maximum absolute atomic E-state index is 12.9. The second-order valence-electron chi connectivity index (χ2n) is 6.98. The first-order valence-corrected chi connectivity index (χ1v) is 10.8. The molecule has 1 atom stereocenters. The Hall–Kier alpha value is -2.61. The minimum atomic E-state index is -0.607. The van der Waals surface area contributed by atoms with Crippen LogP contribution in [0.15, 0.2) is 30.3 Å². The van der Waals surface area contributed by atoms with Gasteiger partial charge in [0, 0.05) is 29.2 Å². The number of ketones is 1. The Morgan fingerprint density at radius 1 is 1.20 bits per heavy atom. The number of ether oxygens (including phenoxy) is 1. The molecule has 2 rings (SSSR count). The highest BCUT2D eigenvalue weighted by atomic mass is 32.2. The molecule has 6 nitrogen and oxygen atoms in total. The zero-order valence-electron chi connectivity index (χ0n) is 17.7. The number of thioether (sulfide) groups is 1. The molecule has 0 radical (unpaired) electrons. The fraction of sp³-hybridized carbons (Fsp3) is 0.409. The van der Waals surface area contributed by atoms with Gasteiger partial charge in [-0.1, -0.05) is 6.92 Å². The predicted molar refractivity (Wildman–Crippen MR) is 116 cm³/mol. The van der Waals surface area contributed by atoms with Crippen LogP contribution in [0.1, 0.15) is 42.0 Å². The zero-order chi connectivity index (χ0) is 22.3. The zero-order valence-corrected chi connectivity index (χ0v) is 18.5. The number of esters is 1. The van der Waals surface area contributed by atoms with E-state index in [0.29, 0.717) is 11.3 Å². The molecule has 1 aromatic heterocycles. The Kier molecular flexibility index (Phi) is 8.65. The minimum absolute atomic E-state index is 0.0275. The third kappa shape index (κ3) is 6.45. The molecule has 0 aliphatic carbocycles. The molecule has 0 saturated heterocycles. The van der Waals surface area contributed by atoms with Crippen molar-refractivity contribution in [1.82, 2.24) is 4.57 Å². The molecule has 162 valence electrons. The summed E-state index contributed by atoms with van der Waals surface area (Å²) in [5, 5.41) is 2.02. The lowest BCUT2D eigenvalue weighted by Crippen LogP contribution is -2.24. The predicted octanol–water partition coefficient (Wildman–Crippen LogP) is 4.14. The van der Waals surface area contributed by atoms with Crippen molar-refractivity contribution in [3.05, 3.63) is 53.1 Å². The minimum Gasteiger partial charge on any atom is -0.456 e. The van der Waals surface area contributed by atoms with E-state index in [9.17, 15) is 18.8 Å². The maximum Gasteiger partial charge on any atom is 0.319 e. The van der Waals surface area contributed by atoms with Crippen molar-refractivity contribution in [2.24, 2.45) is 0 Å². The molecular weight excluding hydrogens is 407 g/mol. The standard InChI is InChI=1S/C22H27FN2O4S/c1-5-10-25-14(2)11-19(15(25)3)20(26)12-29-22(28)16(4)30-13-21(27)24-18-8-6-17(23)7-9-18/h6-9,11,16H,5,10,12-13H2,1-4H3,(H,24,27). The molecule has 1 aromatic carbocycles. The molecule has 0 aliphatic rings. The van der Waals surface area contributed by atoms with Crippen LogP contribution in [0.25, 0.3) is 0 Å². The summed E-state index contributed by atoms with van der Waals surface area (Å²) in [6, 6.07) is 7.23. The molecule has 1 unspecified atom stereocenters. The monoisotopic (exact) mass is 434 g/mol. The Balaban J connectivity index is 1.80. The van der Waals surface area contributed by atoms with Crippen molar-refractivity contribution in [1.29, 1.82) is 0 Å². The van der Waals surface area contributed by atoms with Gasteiger partial charge >= 0.3 is 5.97 Å². The molecule has 0 saturated carbocycles. The van der Waals surface area contributed by atoms with Crippen LogP contribution in [0.3, 0.4) is 0 Å². The Morgan fingerprint density at radius 2 is 1.87 bits per heavy atom. The van der Waals surface area contributed by atoms with E-state index in [-0.39, 0.29) is 29.9 Å². The van der Waals surface area contributed by atoms with Crippen LogP contribution in [0.5, 0.6) is 0 Å². The third-order valence-corrected chi connectivity index (χ3v) is 5.71. The largest absolute Gasteiger partial charge is 0.456 e. The van der Waals surface area contributed by atoms with Gasteiger partial charge in [-0.05, 0) is 57.5 Å². The SMILES string of the molecule is CCCn1c(C)cc(C(=O)COC(=O)C(C)SCC(=O)Nc2ccc(F)cc2)c1C. The number of hydrogen-bond donors (Lipinski definition) is 1. The summed E-state index contributed by atoms with van der Waals surface area (Å²) in [7, 11) is 0. The number of carbonyl (C=O) groups is 3.